The van der Waals surface area contributed by atoms with Crippen LogP contribution in [0.3, 0.4) is 0 Å². The number of hydrogen-bond acceptors (Lipinski definition) is 4. The smallest absolute Gasteiger partial charge is 0.243 e. The molecule has 0 saturated heterocycles. The van der Waals surface area contributed by atoms with Crippen LogP contribution in [0.1, 0.15) is 6.92 Å². The second-order valence-electron chi connectivity index (χ2n) is 3.54. The lowest BCUT2D eigenvalue weighted by molar-refractivity contribution is 0.545. The number of nitrogens with one attached hydrogen (secondary N) is 1. The van der Waals surface area contributed by atoms with E-state index in [0.29, 0.717) is 13.1 Å². The molecule has 0 aromatic carbocycles. The van der Waals surface area contributed by atoms with Gasteiger partial charge in [-0.15, -0.1) is 0 Å². The molecular weight excluding hydrogens is 216 g/mol. The monoisotopic (exact) mass is 232 g/mol. The van der Waals surface area contributed by atoms with Gasteiger partial charge in [0.25, 0.3) is 0 Å². The zero-order chi connectivity index (χ0) is 11.5. The molecule has 0 amide bonds. The van der Waals surface area contributed by atoms with E-state index in [4.69, 9.17) is 5.73 Å². The van der Waals surface area contributed by atoms with Crippen LogP contribution in [0.15, 0.2) is 17.3 Å². The Bertz CT molecular complexity index is 412. The van der Waals surface area contributed by atoms with E-state index >= 15 is 0 Å². The number of nitrogens with zero attached hydrogens (tertiary/aromatic N) is 2. The summed E-state index contributed by atoms with van der Waals surface area (Å²) in [4.78, 5) is 0.175. The highest BCUT2D eigenvalue weighted by Gasteiger charge is 2.16. The maximum atomic E-state index is 11.7. The van der Waals surface area contributed by atoms with Crippen LogP contribution >= 0.6 is 0 Å². The average Bonchev–Trinajstić information content (AvgIpc) is 2.62. The third kappa shape index (κ3) is 3.29. The van der Waals surface area contributed by atoms with Crippen molar-refractivity contribution in [3.05, 3.63) is 12.4 Å². The van der Waals surface area contributed by atoms with E-state index in [1.165, 1.54) is 17.1 Å². The lowest BCUT2D eigenvalue weighted by Gasteiger charge is -2.09. The number of aryl methyl sites for hydroxylation is 1. The quantitative estimate of drug-likeness (QED) is 0.702. The van der Waals surface area contributed by atoms with Crippen molar-refractivity contribution >= 4 is 10.0 Å². The van der Waals surface area contributed by atoms with Gasteiger partial charge in [0, 0.05) is 19.8 Å². The van der Waals surface area contributed by atoms with Gasteiger partial charge in [-0.05, 0) is 12.5 Å². The maximum Gasteiger partial charge on any atom is 0.243 e. The Morgan fingerprint density at radius 3 is 2.80 bits per heavy atom. The largest absolute Gasteiger partial charge is 0.330 e. The second kappa shape index (κ2) is 4.73. The van der Waals surface area contributed by atoms with Gasteiger partial charge in [-0.1, -0.05) is 6.92 Å². The van der Waals surface area contributed by atoms with Crippen molar-refractivity contribution in [1.29, 1.82) is 0 Å². The van der Waals surface area contributed by atoms with Gasteiger partial charge in [-0.3, -0.25) is 4.68 Å². The van der Waals surface area contributed by atoms with Gasteiger partial charge in [-0.25, -0.2) is 13.1 Å². The maximum absolute atomic E-state index is 11.7. The zero-order valence-corrected chi connectivity index (χ0v) is 9.66. The first-order chi connectivity index (χ1) is 6.95. The predicted molar refractivity (Wildman–Crippen MR) is 56.6 cm³/mol. The van der Waals surface area contributed by atoms with E-state index in [9.17, 15) is 8.42 Å². The number of nitrogens with two attached hydrogens (primary N) is 1. The molecule has 0 bridgehead atoms. The van der Waals surface area contributed by atoms with Crippen molar-refractivity contribution in [2.45, 2.75) is 11.8 Å². The van der Waals surface area contributed by atoms with Crippen LogP contribution in [0.5, 0.6) is 0 Å². The molecule has 86 valence electrons. The molecule has 7 heteroatoms. The van der Waals surface area contributed by atoms with E-state index in [1.54, 1.807) is 7.05 Å². The number of sulfonamides is 1. The van der Waals surface area contributed by atoms with Gasteiger partial charge in [0.05, 0.1) is 6.20 Å². The average molecular weight is 232 g/mol. The van der Waals surface area contributed by atoms with Gasteiger partial charge in [0.15, 0.2) is 0 Å². The van der Waals surface area contributed by atoms with Gasteiger partial charge in [0.1, 0.15) is 4.90 Å². The fourth-order valence-electron chi connectivity index (χ4n) is 0.956. The summed E-state index contributed by atoms with van der Waals surface area (Å²) in [6.45, 7) is 2.68. The highest BCUT2D eigenvalue weighted by atomic mass is 32.2. The Balaban J connectivity index is 2.68. The molecular formula is C8H16N4O2S. The number of aromatic nitrogens is 2. The van der Waals surface area contributed by atoms with Crippen LogP contribution in [0.4, 0.5) is 0 Å². The van der Waals surface area contributed by atoms with E-state index in [2.05, 4.69) is 9.82 Å². The Hall–Kier alpha value is -0.920. The molecule has 1 aromatic rings. The number of hydrogen-bond donors (Lipinski definition) is 2. The SMILES string of the molecule is CC(CN)CNS(=O)(=O)c1cnn(C)c1. The summed E-state index contributed by atoms with van der Waals surface area (Å²) < 4.78 is 27.2. The van der Waals surface area contributed by atoms with Crippen molar-refractivity contribution < 1.29 is 8.42 Å². The minimum Gasteiger partial charge on any atom is -0.330 e. The molecule has 0 aliphatic heterocycles. The van der Waals surface area contributed by atoms with Crippen molar-refractivity contribution in [2.75, 3.05) is 13.1 Å². The number of rotatable bonds is 5. The van der Waals surface area contributed by atoms with E-state index < -0.39 is 10.0 Å². The minimum atomic E-state index is -3.43. The minimum absolute atomic E-state index is 0.122. The Labute approximate surface area is 89.5 Å². The molecule has 0 fully saturated rings. The summed E-state index contributed by atoms with van der Waals surface area (Å²) in [6.07, 6.45) is 2.77. The van der Waals surface area contributed by atoms with Crippen LogP contribution in [-0.2, 0) is 17.1 Å². The molecule has 0 aliphatic rings. The highest BCUT2D eigenvalue weighted by molar-refractivity contribution is 7.89. The molecule has 1 atom stereocenters. The van der Waals surface area contributed by atoms with Crippen molar-refractivity contribution in [3.63, 3.8) is 0 Å². The molecule has 1 rings (SSSR count). The molecule has 0 aliphatic carbocycles. The third-order valence-corrected chi connectivity index (χ3v) is 3.39. The van der Waals surface area contributed by atoms with Crippen LogP contribution in [0.2, 0.25) is 0 Å². The lowest BCUT2D eigenvalue weighted by atomic mass is 10.2. The standard InChI is InChI=1S/C8H16N4O2S/c1-7(3-9)4-11-15(13,14)8-5-10-12(2)6-8/h5-7,11H,3-4,9H2,1-2H3. The van der Waals surface area contributed by atoms with Crippen molar-refractivity contribution in [3.8, 4) is 0 Å². The summed E-state index contributed by atoms with van der Waals surface area (Å²) in [5.41, 5.74) is 5.39. The normalized spacial score (nSPS) is 14.1. The second-order valence-corrected chi connectivity index (χ2v) is 5.31. The fraction of sp³-hybridized carbons (Fsp3) is 0.625. The first-order valence-electron chi connectivity index (χ1n) is 4.64. The first kappa shape index (κ1) is 12.2. The fourth-order valence-corrected chi connectivity index (χ4v) is 2.10. The summed E-state index contributed by atoms with van der Waals surface area (Å²) in [6, 6.07) is 0. The summed E-state index contributed by atoms with van der Waals surface area (Å²) >= 11 is 0. The zero-order valence-electron chi connectivity index (χ0n) is 8.84. The van der Waals surface area contributed by atoms with Crippen molar-refractivity contribution in [2.24, 2.45) is 18.7 Å². The van der Waals surface area contributed by atoms with Gasteiger partial charge >= 0.3 is 0 Å². The van der Waals surface area contributed by atoms with Crippen LogP contribution in [-0.4, -0.2) is 31.3 Å². The molecule has 0 spiro atoms. The van der Waals surface area contributed by atoms with Gasteiger partial charge < -0.3 is 5.73 Å². The van der Waals surface area contributed by atoms with Gasteiger partial charge in [-0.2, -0.15) is 5.10 Å². The highest BCUT2D eigenvalue weighted by Crippen LogP contribution is 2.06. The molecule has 1 aromatic heterocycles. The topological polar surface area (TPSA) is 90.0 Å². The van der Waals surface area contributed by atoms with Crippen LogP contribution < -0.4 is 10.5 Å². The first-order valence-corrected chi connectivity index (χ1v) is 6.12. The van der Waals surface area contributed by atoms with Crippen molar-refractivity contribution in [1.82, 2.24) is 14.5 Å². The molecule has 0 radical (unpaired) electrons. The molecule has 6 nitrogen and oxygen atoms in total. The Kier molecular flexibility index (Phi) is 3.83. The third-order valence-electron chi connectivity index (χ3n) is 2.02. The van der Waals surface area contributed by atoms with Crippen LogP contribution in [0, 0.1) is 5.92 Å². The van der Waals surface area contributed by atoms with E-state index in [1.807, 2.05) is 6.92 Å². The van der Waals surface area contributed by atoms with Crippen LogP contribution in [0.25, 0.3) is 0 Å². The Morgan fingerprint density at radius 1 is 1.67 bits per heavy atom. The summed E-state index contributed by atoms with van der Waals surface area (Å²) in [5, 5.41) is 3.80. The molecule has 1 unspecified atom stereocenters. The molecule has 1 heterocycles. The van der Waals surface area contributed by atoms with E-state index in [0.717, 1.165) is 0 Å². The molecule has 0 saturated carbocycles. The molecule has 3 N–H and O–H groups in total. The summed E-state index contributed by atoms with van der Waals surface area (Å²) in [7, 11) is -1.77. The predicted octanol–water partition coefficient (Wildman–Crippen LogP) is -0.707. The lowest BCUT2D eigenvalue weighted by Crippen LogP contribution is -2.31. The summed E-state index contributed by atoms with van der Waals surface area (Å²) in [5.74, 6) is 0.122. The van der Waals surface area contributed by atoms with Gasteiger partial charge in [0.2, 0.25) is 10.0 Å². The Morgan fingerprint density at radius 2 is 2.33 bits per heavy atom. The van der Waals surface area contributed by atoms with E-state index in [-0.39, 0.29) is 10.8 Å². The molecule has 15 heavy (non-hydrogen) atoms.